The normalized spacial score (nSPS) is 10.6. The van der Waals surface area contributed by atoms with Crippen molar-refractivity contribution < 1.29 is 4.79 Å². The van der Waals surface area contributed by atoms with Crippen LogP contribution in [0.4, 0.5) is 5.69 Å². The molecule has 1 N–H and O–H groups in total. The molecule has 0 unspecified atom stereocenters. The smallest absolute Gasteiger partial charge is 0.253 e. The molecule has 1 heterocycles. The minimum absolute atomic E-state index is 0.000314. The van der Waals surface area contributed by atoms with Crippen LogP contribution in [0.3, 0.4) is 0 Å². The van der Waals surface area contributed by atoms with Crippen LogP contribution in [0.5, 0.6) is 0 Å². The largest absolute Gasteiger partial charge is 0.324 e. The Balaban J connectivity index is 2.26. The van der Waals surface area contributed by atoms with Crippen LogP contribution in [-0.4, -0.2) is 10.5 Å². The number of nitrogens with one attached hydrogen (secondary N) is 1. The number of anilines is 1. The maximum absolute atomic E-state index is 12.4. The zero-order valence-electron chi connectivity index (χ0n) is 13.6. The van der Waals surface area contributed by atoms with Crippen LogP contribution in [0.25, 0.3) is 0 Å². The van der Waals surface area contributed by atoms with E-state index in [1.807, 2.05) is 18.2 Å². The van der Waals surface area contributed by atoms with Gasteiger partial charge >= 0.3 is 0 Å². The third kappa shape index (κ3) is 4.10. The molecule has 1 aromatic carbocycles. The molecule has 5 heteroatoms. The second-order valence-electron chi connectivity index (χ2n) is 5.48. The Hall–Kier alpha value is -1.88. The summed E-state index contributed by atoms with van der Waals surface area (Å²) in [4.78, 5) is 24.5. The van der Waals surface area contributed by atoms with Crippen LogP contribution in [0, 0.1) is 6.92 Å². The second-order valence-corrected chi connectivity index (χ2v) is 6.40. The van der Waals surface area contributed by atoms with E-state index in [1.165, 1.54) is 4.57 Å². The monoisotopic (exact) mass is 376 g/mol. The van der Waals surface area contributed by atoms with Crippen LogP contribution in [-0.2, 0) is 24.2 Å². The summed E-state index contributed by atoms with van der Waals surface area (Å²) in [6.45, 7) is 5.86. The molecule has 0 radical (unpaired) electrons. The first-order chi connectivity index (χ1) is 11.0. The van der Waals surface area contributed by atoms with Crippen LogP contribution in [0.1, 0.15) is 30.5 Å². The molecule has 1 aromatic heterocycles. The number of halogens is 1. The van der Waals surface area contributed by atoms with Gasteiger partial charge in [0.05, 0.1) is 0 Å². The number of rotatable bonds is 5. The van der Waals surface area contributed by atoms with Crippen molar-refractivity contribution in [3.05, 3.63) is 62.0 Å². The molecular weight excluding hydrogens is 356 g/mol. The quantitative estimate of drug-likeness (QED) is 0.864. The van der Waals surface area contributed by atoms with Gasteiger partial charge in [0, 0.05) is 21.9 Å². The van der Waals surface area contributed by atoms with E-state index >= 15 is 0 Å². The number of aryl methyl sites for hydroxylation is 3. The Kier molecular flexibility index (Phi) is 5.77. The fraction of sp³-hybridized carbons (Fsp3) is 0.333. The maximum atomic E-state index is 12.4. The molecule has 2 rings (SSSR count). The SMILES string of the molecule is CCc1cccc(CC)c1NC(=O)Cn1cc(Br)cc(C)c1=O. The number of pyridine rings is 1. The zero-order chi connectivity index (χ0) is 17.0. The molecule has 0 saturated heterocycles. The van der Waals surface area contributed by atoms with E-state index in [-0.39, 0.29) is 18.0 Å². The summed E-state index contributed by atoms with van der Waals surface area (Å²) >= 11 is 3.36. The minimum atomic E-state index is -0.194. The standard InChI is InChI=1S/C18H21BrN2O2/c1-4-13-7-6-8-14(5-2)17(13)20-16(22)11-21-10-15(19)9-12(3)18(21)23/h6-10H,4-5,11H2,1-3H3,(H,20,22). The van der Waals surface area contributed by atoms with Gasteiger partial charge in [-0.3, -0.25) is 9.59 Å². The zero-order valence-corrected chi connectivity index (χ0v) is 15.2. The van der Waals surface area contributed by atoms with E-state index < -0.39 is 0 Å². The van der Waals surface area contributed by atoms with Gasteiger partial charge in [-0.1, -0.05) is 32.0 Å². The topological polar surface area (TPSA) is 51.1 Å². The maximum Gasteiger partial charge on any atom is 0.253 e. The highest BCUT2D eigenvalue weighted by Gasteiger charge is 2.12. The molecular formula is C18H21BrN2O2. The molecule has 1 amide bonds. The van der Waals surface area contributed by atoms with E-state index in [4.69, 9.17) is 0 Å². The number of carbonyl (C=O) groups excluding carboxylic acids is 1. The summed E-state index contributed by atoms with van der Waals surface area (Å²) in [6, 6.07) is 7.79. The highest BCUT2D eigenvalue weighted by molar-refractivity contribution is 9.10. The van der Waals surface area contributed by atoms with Crippen LogP contribution in [0.2, 0.25) is 0 Å². The summed E-state index contributed by atoms with van der Waals surface area (Å²) in [7, 11) is 0. The number of amides is 1. The Morgan fingerprint density at radius 3 is 2.39 bits per heavy atom. The lowest BCUT2D eigenvalue weighted by atomic mass is 10.0. The molecule has 122 valence electrons. The van der Waals surface area contributed by atoms with Gasteiger partial charge in [-0.05, 0) is 52.9 Å². The average Bonchev–Trinajstić information content (AvgIpc) is 2.52. The summed E-state index contributed by atoms with van der Waals surface area (Å²) in [6.07, 6.45) is 3.33. The minimum Gasteiger partial charge on any atom is -0.324 e. The molecule has 0 bridgehead atoms. The fourth-order valence-electron chi connectivity index (χ4n) is 2.59. The number of benzene rings is 1. The molecule has 0 atom stereocenters. The number of nitrogens with zero attached hydrogens (tertiary/aromatic N) is 1. The summed E-state index contributed by atoms with van der Waals surface area (Å²) < 4.78 is 2.21. The number of aromatic nitrogens is 1. The number of hydrogen-bond acceptors (Lipinski definition) is 2. The third-order valence-electron chi connectivity index (χ3n) is 3.81. The van der Waals surface area contributed by atoms with Crippen molar-refractivity contribution in [1.29, 1.82) is 0 Å². The van der Waals surface area contributed by atoms with Gasteiger partial charge in [0.25, 0.3) is 5.56 Å². The Labute approximate surface area is 144 Å². The molecule has 0 fully saturated rings. The van der Waals surface area contributed by atoms with Crippen molar-refractivity contribution in [3.63, 3.8) is 0 Å². The first-order valence-corrected chi connectivity index (χ1v) is 8.52. The fourth-order valence-corrected chi connectivity index (χ4v) is 3.18. The van der Waals surface area contributed by atoms with Crippen molar-refractivity contribution >= 4 is 27.5 Å². The van der Waals surface area contributed by atoms with Gasteiger partial charge in [-0.25, -0.2) is 0 Å². The predicted octanol–water partition coefficient (Wildman–Crippen LogP) is 3.68. The molecule has 23 heavy (non-hydrogen) atoms. The number of hydrogen-bond donors (Lipinski definition) is 1. The van der Waals surface area contributed by atoms with Crippen LogP contribution < -0.4 is 10.9 Å². The summed E-state index contributed by atoms with van der Waals surface area (Å²) in [5.41, 5.74) is 3.55. The first-order valence-electron chi connectivity index (χ1n) is 7.73. The molecule has 2 aromatic rings. The van der Waals surface area contributed by atoms with E-state index in [2.05, 4.69) is 35.1 Å². The van der Waals surface area contributed by atoms with Gasteiger partial charge in [0.2, 0.25) is 5.91 Å². The predicted molar refractivity (Wildman–Crippen MR) is 97.0 cm³/mol. The molecule has 4 nitrogen and oxygen atoms in total. The Morgan fingerprint density at radius 1 is 1.22 bits per heavy atom. The van der Waals surface area contributed by atoms with Crippen molar-refractivity contribution in [2.24, 2.45) is 0 Å². The van der Waals surface area contributed by atoms with Crippen LogP contribution in [0.15, 0.2) is 39.7 Å². The van der Waals surface area contributed by atoms with Gasteiger partial charge in [0.1, 0.15) is 6.54 Å². The molecule has 0 aliphatic rings. The van der Waals surface area contributed by atoms with Gasteiger partial charge in [0.15, 0.2) is 0 Å². The lowest BCUT2D eigenvalue weighted by Crippen LogP contribution is -2.29. The number of para-hydroxylation sites is 1. The second kappa shape index (κ2) is 7.59. The highest BCUT2D eigenvalue weighted by Crippen LogP contribution is 2.22. The molecule has 0 aliphatic heterocycles. The summed E-state index contributed by atoms with van der Waals surface area (Å²) in [5.74, 6) is -0.194. The van der Waals surface area contributed by atoms with E-state index in [1.54, 1.807) is 19.2 Å². The van der Waals surface area contributed by atoms with E-state index in [0.29, 0.717) is 5.56 Å². The lowest BCUT2D eigenvalue weighted by molar-refractivity contribution is -0.116. The average molecular weight is 377 g/mol. The molecule has 0 aliphatic carbocycles. The van der Waals surface area contributed by atoms with Crippen molar-refractivity contribution in [3.8, 4) is 0 Å². The number of carbonyl (C=O) groups is 1. The Bertz CT molecular complexity index is 759. The lowest BCUT2D eigenvalue weighted by Gasteiger charge is -2.15. The van der Waals surface area contributed by atoms with Gasteiger partial charge in [-0.15, -0.1) is 0 Å². The van der Waals surface area contributed by atoms with E-state index in [9.17, 15) is 9.59 Å². The van der Waals surface area contributed by atoms with Crippen LogP contribution >= 0.6 is 15.9 Å². The summed E-state index contributed by atoms with van der Waals surface area (Å²) in [5, 5.41) is 2.98. The van der Waals surface area contributed by atoms with E-state index in [0.717, 1.165) is 34.1 Å². The van der Waals surface area contributed by atoms with Crippen molar-refractivity contribution in [1.82, 2.24) is 4.57 Å². The van der Waals surface area contributed by atoms with Gasteiger partial charge < -0.3 is 9.88 Å². The third-order valence-corrected chi connectivity index (χ3v) is 4.24. The molecule has 0 spiro atoms. The highest BCUT2D eigenvalue weighted by atomic mass is 79.9. The van der Waals surface area contributed by atoms with Gasteiger partial charge in [-0.2, -0.15) is 0 Å². The first kappa shape index (κ1) is 17.5. The Morgan fingerprint density at radius 2 is 1.83 bits per heavy atom. The van der Waals surface area contributed by atoms with Crippen molar-refractivity contribution in [2.45, 2.75) is 40.2 Å². The van der Waals surface area contributed by atoms with Crippen molar-refractivity contribution in [2.75, 3.05) is 5.32 Å². The molecule has 0 saturated carbocycles.